The number of rotatable bonds is 7. The summed E-state index contributed by atoms with van der Waals surface area (Å²) in [5, 5.41) is 2.72. The Morgan fingerprint density at radius 2 is 1.81 bits per heavy atom. The van der Waals surface area contributed by atoms with E-state index in [1.807, 2.05) is 6.92 Å². The molecule has 0 atom stereocenters. The van der Waals surface area contributed by atoms with Gasteiger partial charge in [0.2, 0.25) is 0 Å². The van der Waals surface area contributed by atoms with Crippen molar-refractivity contribution < 1.29 is 18.8 Å². The summed E-state index contributed by atoms with van der Waals surface area (Å²) in [6.45, 7) is 2.64. The van der Waals surface area contributed by atoms with Crippen LogP contribution in [0.4, 0.5) is 4.39 Å². The van der Waals surface area contributed by atoms with Crippen LogP contribution in [0.2, 0.25) is 0 Å². The number of fused-ring (bicyclic) bond motifs is 1. The van der Waals surface area contributed by atoms with Gasteiger partial charge in [-0.05, 0) is 42.7 Å². The standard InChI is InChI=1S/C21H21FN2O3/c1-2-3-12-24-20(26)16-9-8-15(13-17(16)21(24)27)19(25)23-11-10-14-6-4-5-7-18(14)22/h4-9,13H,2-3,10-12H2,1H3,(H,23,25). The molecule has 1 aliphatic heterocycles. The molecule has 0 aromatic heterocycles. The second-order valence-electron chi connectivity index (χ2n) is 6.47. The molecule has 140 valence electrons. The average Bonchev–Trinajstić information content (AvgIpc) is 2.91. The molecular formula is C21H21FN2O3. The van der Waals surface area contributed by atoms with Crippen molar-refractivity contribution in [1.82, 2.24) is 10.2 Å². The highest BCUT2D eigenvalue weighted by molar-refractivity contribution is 6.22. The Morgan fingerprint density at radius 1 is 1.07 bits per heavy atom. The van der Waals surface area contributed by atoms with Crippen LogP contribution in [0.3, 0.4) is 0 Å². The summed E-state index contributed by atoms with van der Waals surface area (Å²) in [5.41, 5.74) is 1.43. The molecular weight excluding hydrogens is 347 g/mol. The predicted molar refractivity (Wildman–Crippen MR) is 99.2 cm³/mol. The van der Waals surface area contributed by atoms with Crippen LogP contribution in [0, 0.1) is 5.82 Å². The van der Waals surface area contributed by atoms with Gasteiger partial charge in [-0.2, -0.15) is 0 Å². The maximum atomic E-state index is 13.6. The first-order valence-electron chi connectivity index (χ1n) is 9.04. The average molecular weight is 368 g/mol. The van der Waals surface area contributed by atoms with Crippen molar-refractivity contribution in [3.05, 3.63) is 70.5 Å². The number of carbonyl (C=O) groups is 3. The van der Waals surface area contributed by atoms with Crippen LogP contribution in [0.1, 0.15) is 56.4 Å². The van der Waals surface area contributed by atoms with Gasteiger partial charge < -0.3 is 5.32 Å². The molecule has 3 amide bonds. The molecule has 27 heavy (non-hydrogen) atoms. The van der Waals surface area contributed by atoms with Crippen molar-refractivity contribution in [1.29, 1.82) is 0 Å². The SMILES string of the molecule is CCCCN1C(=O)c2ccc(C(=O)NCCc3ccccc3F)cc2C1=O. The smallest absolute Gasteiger partial charge is 0.261 e. The molecule has 2 aromatic rings. The summed E-state index contributed by atoms with van der Waals surface area (Å²) in [7, 11) is 0. The van der Waals surface area contributed by atoms with Gasteiger partial charge in [-0.25, -0.2) is 4.39 Å². The fourth-order valence-electron chi connectivity index (χ4n) is 3.07. The molecule has 0 spiro atoms. The molecule has 0 aliphatic carbocycles. The maximum absolute atomic E-state index is 13.6. The maximum Gasteiger partial charge on any atom is 0.261 e. The molecule has 0 fully saturated rings. The molecule has 1 heterocycles. The first kappa shape index (κ1) is 18.8. The fraction of sp³-hybridized carbons (Fsp3) is 0.286. The number of hydrogen-bond acceptors (Lipinski definition) is 3. The molecule has 1 N–H and O–H groups in total. The number of unbranched alkanes of at least 4 members (excludes halogenated alkanes) is 1. The first-order chi connectivity index (χ1) is 13.0. The van der Waals surface area contributed by atoms with Gasteiger partial charge in [-0.1, -0.05) is 31.5 Å². The molecule has 0 radical (unpaired) electrons. The van der Waals surface area contributed by atoms with E-state index in [2.05, 4.69) is 5.32 Å². The van der Waals surface area contributed by atoms with Crippen LogP contribution in [-0.2, 0) is 6.42 Å². The number of nitrogens with zero attached hydrogens (tertiary/aromatic N) is 1. The van der Waals surface area contributed by atoms with Crippen molar-refractivity contribution in [3.63, 3.8) is 0 Å². The number of amides is 3. The molecule has 6 heteroatoms. The molecule has 5 nitrogen and oxygen atoms in total. The van der Waals surface area contributed by atoms with Crippen LogP contribution in [-0.4, -0.2) is 35.7 Å². The topological polar surface area (TPSA) is 66.5 Å². The van der Waals surface area contributed by atoms with Gasteiger partial charge in [-0.15, -0.1) is 0 Å². The van der Waals surface area contributed by atoms with Gasteiger partial charge in [0.05, 0.1) is 11.1 Å². The summed E-state index contributed by atoms with van der Waals surface area (Å²) < 4.78 is 13.6. The number of halogens is 1. The molecule has 2 aromatic carbocycles. The van der Waals surface area contributed by atoms with Crippen molar-refractivity contribution in [2.45, 2.75) is 26.2 Å². The lowest BCUT2D eigenvalue weighted by molar-refractivity contribution is 0.0652. The Morgan fingerprint density at radius 3 is 2.56 bits per heavy atom. The quantitative estimate of drug-likeness (QED) is 0.763. The highest BCUT2D eigenvalue weighted by atomic mass is 19.1. The lowest BCUT2D eigenvalue weighted by Crippen LogP contribution is -2.30. The second kappa shape index (κ2) is 8.12. The fourth-order valence-corrected chi connectivity index (χ4v) is 3.07. The summed E-state index contributed by atoms with van der Waals surface area (Å²) >= 11 is 0. The van der Waals surface area contributed by atoms with E-state index >= 15 is 0 Å². The minimum absolute atomic E-state index is 0.262. The summed E-state index contributed by atoms with van der Waals surface area (Å²) in [6, 6.07) is 10.9. The Labute approximate surface area is 157 Å². The normalized spacial score (nSPS) is 13.0. The van der Waals surface area contributed by atoms with Gasteiger partial charge in [-0.3, -0.25) is 19.3 Å². The van der Waals surface area contributed by atoms with E-state index in [9.17, 15) is 18.8 Å². The molecule has 0 saturated carbocycles. The van der Waals surface area contributed by atoms with Crippen LogP contribution in [0.5, 0.6) is 0 Å². The summed E-state index contributed by atoms with van der Waals surface area (Å²) in [5.74, 6) is -1.33. The molecule has 1 aliphatic rings. The van der Waals surface area contributed by atoms with Gasteiger partial charge in [0, 0.05) is 18.7 Å². The molecule has 0 bridgehead atoms. The van der Waals surface area contributed by atoms with E-state index in [1.165, 1.54) is 29.2 Å². The second-order valence-corrected chi connectivity index (χ2v) is 6.47. The highest BCUT2D eigenvalue weighted by Crippen LogP contribution is 2.24. The highest BCUT2D eigenvalue weighted by Gasteiger charge is 2.35. The minimum Gasteiger partial charge on any atom is -0.352 e. The Hall–Kier alpha value is -3.02. The minimum atomic E-state index is -0.360. The van der Waals surface area contributed by atoms with Gasteiger partial charge in [0.25, 0.3) is 17.7 Å². The Bertz CT molecular complexity index is 895. The van der Waals surface area contributed by atoms with E-state index < -0.39 is 0 Å². The van der Waals surface area contributed by atoms with Crippen molar-refractivity contribution in [2.24, 2.45) is 0 Å². The lowest BCUT2D eigenvalue weighted by Gasteiger charge is -2.12. The van der Waals surface area contributed by atoms with Gasteiger partial charge >= 0.3 is 0 Å². The van der Waals surface area contributed by atoms with E-state index in [0.29, 0.717) is 29.7 Å². The van der Waals surface area contributed by atoms with E-state index in [1.54, 1.807) is 18.2 Å². The zero-order valence-electron chi connectivity index (χ0n) is 15.1. The summed E-state index contributed by atoms with van der Waals surface area (Å²) in [6.07, 6.45) is 1.99. The Kier molecular flexibility index (Phi) is 5.64. The van der Waals surface area contributed by atoms with Gasteiger partial charge in [0.15, 0.2) is 0 Å². The monoisotopic (exact) mass is 368 g/mol. The van der Waals surface area contributed by atoms with Crippen molar-refractivity contribution in [3.8, 4) is 0 Å². The van der Waals surface area contributed by atoms with Crippen LogP contribution >= 0.6 is 0 Å². The third-order valence-corrected chi connectivity index (χ3v) is 4.61. The van der Waals surface area contributed by atoms with Crippen LogP contribution in [0.15, 0.2) is 42.5 Å². The van der Waals surface area contributed by atoms with E-state index in [0.717, 1.165) is 12.8 Å². The predicted octanol–water partition coefficient (Wildman–Crippen LogP) is 3.19. The Balaban J connectivity index is 1.66. The molecule has 3 rings (SSSR count). The van der Waals surface area contributed by atoms with Gasteiger partial charge in [0.1, 0.15) is 5.82 Å². The molecule has 0 saturated heterocycles. The molecule has 0 unspecified atom stereocenters. The third-order valence-electron chi connectivity index (χ3n) is 4.61. The largest absolute Gasteiger partial charge is 0.352 e. The van der Waals surface area contributed by atoms with E-state index in [-0.39, 0.29) is 35.6 Å². The number of hydrogen-bond donors (Lipinski definition) is 1. The number of benzene rings is 2. The zero-order valence-corrected chi connectivity index (χ0v) is 15.1. The third kappa shape index (κ3) is 3.89. The van der Waals surface area contributed by atoms with Crippen LogP contribution < -0.4 is 5.32 Å². The number of nitrogens with one attached hydrogen (secondary N) is 1. The number of imide groups is 1. The summed E-state index contributed by atoms with van der Waals surface area (Å²) in [4.78, 5) is 38.4. The van der Waals surface area contributed by atoms with E-state index in [4.69, 9.17) is 0 Å². The van der Waals surface area contributed by atoms with Crippen molar-refractivity contribution >= 4 is 17.7 Å². The number of carbonyl (C=O) groups excluding carboxylic acids is 3. The first-order valence-corrected chi connectivity index (χ1v) is 9.04. The van der Waals surface area contributed by atoms with Crippen LogP contribution in [0.25, 0.3) is 0 Å². The lowest BCUT2D eigenvalue weighted by atomic mass is 10.1. The zero-order chi connectivity index (χ0) is 19.4. The van der Waals surface area contributed by atoms with Crippen molar-refractivity contribution in [2.75, 3.05) is 13.1 Å².